The molecule has 1 amide bonds. The smallest absolute Gasteiger partial charge is 0.251 e. The molecule has 1 saturated heterocycles. The van der Waals surface area contributed by atoms with Gasteiger partial charge in [-0.3, -0.25) is 15.0 Å². The minimum Gasteiger partial charge on any atom is -0.307 e. The van der Waals surface area contributed by atoms with E-state index in [4.69, 9.17) is 11.6 Å². The maximum atomic E-state index is 14.5. The third kappa shape index (κ3) is 4.76. The lowest BCUT2D eigenvalue weighted by molar-refractivity contribution is -0.122. The Morgan fingerprint density at radius 1 is 1.19 bits per heavy atom. The van der Waals surface area contributed by atoms with Crippen molar-refractivity contribution in [3.05, 3.63) is 83.8 Å². The Hall–Kier alpha value is -2.50. The Bertz CT molecular complexity index is 1210. The summed E-state index contributed by atoms with van der Waals surface area (Å²) in [7, 11) is 1.85. The van der Waals surface area contributed by atoms with E-state index >= 15 is 0 Å². The van der Waals surface area contributed by atoms with Gasteiger partial charge in [0.25, 0.3) is 5.92 Å². The number of carbonyl (C=O) groups excluding carboxylic acids is 1. The van der Waals surface area contributed by atoms with Crippen molar-refractivity contribution in [3.63, 3.8) is 0 Å². The van der Waals surface area contributed by atoms with Crippen LogP contribution in [0.25, 0.3) is 0 Å². The number of amides is 1. The van der Waals surface area contributed by atoms with Crippen LogP contribution in [0.4, 0.5) is 24.5 Å². The third-order valence-electron chi connectivity index (χ3n) is 6.38. The lowest BCUT2D eigenvalue weighted by Gasteiger charge is -2.53. The van der Waals surface area contributed by atoms with Gasteiger partial charge in [-0.25, -0.2) is 22.2 Å². The molecule has 190 valence electrons. The van der Waals surface area contributed by atoms with Gasteiger partial charge in [-0.05, 0) is 49.5 Å². The van der Waals surface area contributed by atoms with Crippen LogP contribution in [0.5, 0.6) is 0 Å². The van der Waals surface area contributed by atoms with E-state index in [2.05, 4.69) is 10.0 Å². The second-order valence-corrected chi connectivity index (χ2v) is 10.5. The highest BCUT2D eigenvalue weighted by molar-refractivity contribution is 7.95. The number of hydrogen-bond acceptors (Lipinski definition) is 6. The molecule has 1 unspecified atom stereocenters. The molecule has 2 aromatic rings. The molecule has 2 N–H and O–H groups in total. The normalized spacial score (nSPS) is 25.7. The molecule has 36 heavy (non-hydrogen) atoms. The van der Waals surface area contributed by atoms with Crippen molar-refractivity contribution in [3.8, 4) is 0 Å². The molecule has 2 heterocycles. The van der Waals surface area contributed by atoms with Crippen molar-refractivity contribution in [2.75, 3.05) is 23.4 Å². The molecule has 2 aliphatic heterocycles. The summed E-state index contributed by atoms with van der Waals surface area (Å²) in [5, 5.41) is 3.72. The van der Waals surface area contributed by atoms with E-state index in [-0.39, 0.29) is 24.4 Å². The molecule has 3 aliphatic rings. The zero-order valence-corrected chi connectivity index (χ0v) is 20.9. The summed E-state index contributed by atoms with van der Waals surface area (Å²) < 4.78 is 47.3. The number of benzene rings is 2. The molecule has 5 rings (SSSR count). The van der Waals surface area contributed by atoms with Gasteiger partial charge in [0.1, 0.15) is 11.9 Å². The van der Waals surface area contributed by atoms with E-state index in [0.717, 1.165) is 0 Å². The quantitative estimate of drug-likeness (QED) is 0.405. The highest BCUT2D eigenvalue weighted by atomic mass is 35.5. The molecule has 2 fully saturated rings. The van der Waals surface area contributed by atoms with E-state index in [9.17, 15) is 18.0 Å². The molecule has 11 heteroatoms. The third-order valence-corrected chi connectivity index (χ3v) is 7.55. The highest BCUT2D eigenvalue weighted by Crippen LogP contribution is 2.43. The second kappa shape index (κ2) is 9.75. The van der Waals surface area contributed by atoms with E-state index in [1.807, 2.05) is 11.4 Å². The molecule has 6 nitrogen and oxygen atoms in total. The summed E-state index contributed by atoms with van der Waals surface area (Å²) in [4.78, 5) is 17.4. The van der Waals surface area contributed by atoms with Crippen LogP contribution in [0, 0.1) is 5.82 Å². The molecular formula is C25H25ClF3N5OS. The molecule has 0 aromatic heterocycles. The SMILES string of the molecule is CN1C[C@@H](C(=O)N(c2cccc(F)c2)C2(NC3CC(F)(F)C3)C=CC=CN2c2ccccc2Cl)NS1. The van der Waals surface area contributed by atoms with Gasteiger partial charge in [-0.15, -0.1) is 0 Å². The van der Waals surface area contributed by atoms with E-state index in [1.54, 1.807) is 59.7 Å². The fourth-order valence-electron chi connectivity index (χ4n) is 4.74. The van der Waals surface area contributed by atoms with Gasteiger partial charge in [0.05, 0.1) is 16.4 Å². The van der Waals surface area contributed by atoms with Gasteiger partial charge < -0.3 is 4.90 Å². The maximum absolute atomic E-state index is 14.5. The van der Waals surface area contributed by atoms with Crippen LogP contribution in [-0.4, -0.2) is 47.6 Å². The van der Waals surface area contributed by atoms with Gasteiger partial charge >= 0.3 is 0 Å². The number of para-hydroxylation sites is 1. The Kier molecular flexibility index (Phi) is 6.82. The number of anilines is 2. The number of likely N-dealkylation sites (N-methyl/N-ethyl adjacent to an activating group) is 1. The minimum absolute atomic E-state index is 0.275. The summed E-state index contributed by atoms with van der Waals surface area (Å²) in [6.07, 6.45) is 6.20. The number of halogens is 4. The van der Waals surface area contributed by atoms with Gasteiger partial charge in [-0.2, -0.15) is 0 Å². The van der Waals surface area contributed by atoms with Crippen LogP contribution in [0.3, 0.4) is 0 Å². The molecule has 1 saturated carbocycles. The summed E-state index contributed by atoms with van der Waals surface area (Å²) in [6.45, 7) is 0.401. The average Bonchev–Trinajstić information content (AvgIpc) is 3.25. The predicted molar refractivity (Wildman–Crippen MR) is 137 cm³/mol. The lowest BCUT2D eigenvalue weighted by Crippen LogP contribution is -2.74. The topological polar surface area (TPSA) is 50.9 Å². The van der Waals surface area contributed by atoms with E-state index in [1.165, 1.54) is 35.2 Å². The first kappa shape index (κ1) is 25.2. The summed E-state index contributed by atoms with van der Waals surface area (Å²) in [5.41, 5.74) is 0.829. The second-order valence-electron chi connectivity index (χ2n) is 9.08. The Labute approximate surface area is 217 Å². The molecule has 0 bridgehead atoms. The first-order chi connectivity index (χ1) is 17.2. The van der Waals surface area contributed by atoms with Crippen LogP contribution in [0.1, 0.15) is 12.8 Å². The van der Waals surface area contributed by atoms with Crippen LogP contribution >= 0.6 is 23.7 Å². The number of rotatable bonds is 6. The number of hydrogen-bond donors (Lipinski definition) is 2. The summed E-state index contributed by atoms with van der Waals surface area (Å²) >= 11 is 7.88. The largest absolute Gasteiger partial charge is 0.307 e. The fraction of sp³-hybridized carbons (Fsp3) is 0.320. The van der Waals surface area contributed by atoms with Crippen LogP contribution in [-0.2, 0) is 4.79 Å². The number of nitrogens with one attached hydrogen (secondary N) is 2. The minimum atomic E-state index is -2.79. The highest BCUT2D eigenvalue weighted by Gasteiger charge is 2.53. The molecule has 2 atom stereocenters. The van der Waals surface area contributed by atoms with Crippen LogP contribution < -0.4 is 19.8 Å². The van der Waals surface area contributed by atoms with Crippen molar-refractivity contribution in [2.45, 2.75) is 36.6 Å². The molecular weight excluding hydrogens is 511 g/mol. The zero-order chi connectivity index (χ0) is 25.5. The van der Waals surface area contributed by atoms with Crippen molar-refractivity contribution < 1.29 is 18.0 Å². The Morgan fingerprint density at radius 2 is 1.97 bits per heavy atom. The van der Waals surface area contributed by atoms with Crippen LogP contribution in [0.15, 0.2) is 73.0 Å². The van der Waals surface area contributed by atoms with E-state index in [0.29, 0.717) is 17.3 Å². The van der Waals surface area contributed by atoms with Crippen LogP contribution in [0.2, 0.25) is 5.02 Å². The molecule has 2 aromatic carbocycles. The number of nitrogens with zero attached hydrogens (tertiary/aromatic N) is 3. The number of alkyl halides is 2. The zero-order valence-electron chi connectivity index (χ0n) is 19.4. The van der Waals surface area contributed by atoms with Crippen molar-refractivity contribution in [2.24, 2.45) is 0 Å². The van der Waals surface area contributed by atoms with Gasteiger partial charge in [0.15, 0.2) is 5.79 Å². The lowest BCUT2D eigenvalue weighted by atomic mass is 9.87. The van der Waals surface area contributed by atoms with Gasteiger partial charge in [-0.1, -0.05) is 35.9 Å². The summed E-state index contributed by atoms with van der Waals surface area (Å²) in [6, 6.07) is 11.5. The molecule has 0 spiro atoms. The Morgan fingerprint density at radius 3 is 2.64 bits per heavy atom. The van der Waals surface area contributed by atoms with Crippen molar-refractivity contribution in [1.29, 1.82) is 0 Å². The van der Waals surface area contributed by atoms with Crippen molar-refractivity contribution >= 4 is 41.0 Å². The average molecular weight is 536 g/mol. The number of carbonyl (C=O) groups is 1. The maximum Gasteiger partial charge on any atom is 0.251 e. The number of allylic oxidation sites excluding steroid dienone is 2. The molecule has 0 radical (unpaired) electrons. The first-order valence-electron chi connectivity index (χ1n) is 11.5. The monoisotopic (exact) mass is 535 g/mol. The van der Waals surface area contributed by atoms with E-state index < -0.39 is 29.6 Å². The van der Waals surface area contributed by atoms with Crippen molar-refractivity contribution in [1.82, 2.24) is 14.3 Å². The molecule has 1 aliphatic carbocycles. The first-order valence-corrected chi connectivity index (χ1v) is 12.6. The van der Waals surface area contributed by atoms with Gasteiger partial charge in [0.2, 0.25) is 5.91 Å². The Balaban J connectivity index is 1.68. The van der Waals surface area contributed by atoms with Gasteiger partial charge in [0, 0.05) is 43.8 Å². The summed E-state index contributed by atoms with van der Waals surface area (Å²) in [5.74, 6) is -5.16. The fourth-order valence-corrected chi connectivity index (χ4v) is 5.67. The predicted octanol–water partition coefficient (Wildman–Crippen LogP) is 4.91. The standard InChI is InChI=1S/C25H25ClF3N5OS/c1-32-16-21(31-36-32)23(35)34(19-8-6-7-17(27)13-19)25(30-18-14-24(28,29)15-18)11-4-5-12-33(25)22-10-3-2-9-20(22)26/h2-13,18,21,30-31H,14-16H2,1H3/t21-,25?/m0/s1.